The Morgan fingerprint density at radius 1 is 1.38 bits per heavy atom. The average molecular weight is 327 g/mol. The molecule has 0 saturated heterocycles. The Kier molecular flexibility index (Phi) is 4.46. The van der Waals surface area contributed by atoms with Crippen molar-refractivity contribution < 1.29 is 4.39 Å². The van der Waals surface area contributed by atoms with E-state index in [1.165, 1.54) is 25.3 Å². The van der Waals surface area contributed by atoms with Crippen molar-refractivity contribution in [3.05, 3.63) is 29.8 Å². The molecule has 3 rings (SSSR count). The molecule has 1 aromatic heterocycles. The second-order valence-corrected chi connectivity index (χ2v) is 7.42. The van der Waals surface area contributed by atoms with Gasteiger partial charge in [-0.05, 0) is 38.2 Å². The largest absolute Gasteiger partial charge is 0.322 e. The molecule has 2 aromatic rings. The minimum absolute atomic E-state index is 0.221. The van der Waals surface area contributed by atoms with Gasteiger partial charge in [0.2, 0.25) is 0 Å². The number of fused-ring (bicyclic) bond motifs is 1. The lowest BCUT2D eigenvalue weighted by atomic mass is 9.94. The van der Waals surface area contributed by atoms with Crippen LogP contribution in [0.25, 0.3) is 11.0 Å². The van der Waals surface area contributed by atoms with Crippen molar-refractivity contribution in [2.75, 3.05) is 6.26 Å². The Morgan fingerprint density at radius 3 is 2.86 bits per heavy atom. The standard InChI is InChI=1S/C16H20ClFN2S/c1-10(17)16-19-15-11(18)6-5-8-13(15)20(16)12-7-3-4-9-14(12)21-2/h5-6,8,10,12,14H,3-4,7,9H2,1-2H3. The third-order valence-corrected chi connectivity index (χ3v) is 5.71. The lowest BCUT2D eigenvalue weighted by molar-refractivity contribution is 0.363. The van der Waals surface area contributed by atoms with E-state index in [0.29, 0.717) is 16.8 Å². The Morgan fingerprint density at radius 2 is 2.14 bits per heavy atom. The first-order valence-electron chi connectivity index (χ1n) is 7.46. The fourth-order valence-corrected chi connectivity index (χ4v) is 4.51. The molecule has 0 bridgehead atoms. The molecule has 1 aromatic carbocycles. The molecule has 1 fully saturated rings. The number of hydrogen-bond acceptors (Lipinski definition) is 2. The maximum Gasteiger partial charge on any atom is 0.151 e. The topological polar surface area (TPSA) is 17.8 Å². The highest BCUT2D eigenvalue weighted by Gasteiger charge is 2.30. The van der Waals surface area contributed by atoms with Gasteiger partial charge in [0.25, 0.3) is 0 Å². The van der Waals surface area contributed by atoms with Crippen molar-refractivity contribution in [1.82, 2.24) is 9.55 Å². The normalized spacial score (nSPS) is 24.4. The number of halogens is 2. The van der Waals surface area contributed by atoms with Gasteiger partial charge in [-0.15, -0.1) is 11.6 Å². The fraction of sp³-hybridized carbons (Fsp3) is 0.562. The van der Waals surface area contributed by atoms with Gasteiger partial charge in [0.1, 0.15) is 11.3 Å². The van der Waals surface area contributed by atoms with Crippen LogP contribution >= 0.6 is 23.4 Å². The Labute approximate surface area is 134 Å². The van der Waals surface area contributed by atoms with Crippen molar-refractivity contribution in [1.29, 1.82) is 0 Å². The van der Waals surface area contributed by atoms with Crippen molar-refractivity contribution in [3.63, 3.8) is 0 Å². The number of rotatable bonds is 3. The molecule has 114 valence electrons. The van der Waals surface area contributed by atoms with Crippen LogP contribution < -0.4 is 0 Å². The smallest absolute Gasteiger partial charge is 0.151 e. The van der Waals surface area contributed by atoms with Gasteiger partial charge in [-0.25, -0.2) is 9.37 Å². The van der Waals surface area contributed by atoms with Gasteiger partial charge in [0, 0.05) is 11.3 Å². The van der Waals surface area contributed by atoms with Crippen LogP contribution in [0.1, 0.15) is 49.9 Å². The molecule has 3 unspecified atom stereocenters. The third-order valence-electron chi connectivity index (χ3n) is 4.36. The van der Waals surface area contributed by atoms with E-state index in [-0.39, 0.29) is 11.2 Å². The number of imidazole rings is 1. The van der Waals surface area contributed by atoms with Gasteiger partial charge in [-0.3, -0.25) is 0 Å². The van der Waals surface area contributed by atoms with Crippen LogP contribution in [0, 0.1) is 5.82 Å². The van der Waals surface area contributed by atoms with Crippen LogP contribution in [0.3, 0.4) is 0 Å². The summed E-state index contributed by atoms with van der Waals surface area (Å²) < 4.78 is 16.3. The molecule has 0 N–H and O–H groups in total. The van der Waals surface area contributed by atoms with Gasteiger partial charge in [0.05, 0.1) is 10.9 Å². The van der Waals surface area contributed by atoms with Crippen molar-refractivity contribution in [3.8, 4) is 0 Å². The molecule has 1 aliphatic rings. The maximum atomic E-state index is 14.1. The van der Waals surface area contributed by atoms with Crippen LogP contribution in [-0.2, 0) is 0 Å². The SMILES string of the molecule is CSC1CCCCC1n1c(C(C)Cl)nc2c(F)cccc21. The summed E-state index contributed by atoms with van der Waals surface area (Å²) in [5, 5.41) is 0.329. The zero-order valence-electron chi connectivity index (χ0n) is 12.4. The molecular formula is C16H20ClFN2S. The first kappa shape index (κ1) is 15.2. The highest BCUT2D eigenvalue weighted by Crippen LogP contribution is 2.40. The highest BCUT2D eigenvalue weighted by molar-refractivity contribution is 7.99. The second-order valence-electron chi connectivity index (χ2n) is 5.69. The Bertz CT molecular complexity index is 640. The number of alkyl halides is 1. The number of thioether (sulfide) groups is 1. The number of para-hydroxylation sites is 1. The number of benzene rings is 1. The number of nitrogens with zero attached hydrogens (tertiary/aromatic N) is 2. The second kappa shape index (κ2) is 6.17. The predicted octanol–water partition coefficient (Wildman–Crippen LogP) is 5.32. The molecule has 0 aliphatic heterocycles. The summed E-state index contributed by atoms with van der Waals surface area (Å²) in [7, 11) is 0. The molecule has 1 aliphatic carbocycles. The van der Waals surface area contributed by atoms with Crippen LogP contribution in [0.15, 0.2) is 18.2 Å². The summed E-state index contributed by atoms with van der Waals surface area (Å²) in [5.74, 6) is 0.532. The van der Waals surface area contributed by atoms with Gasteiger partial charge in [-0.1, -0.05) is 18.9 Å². The van der Waals surface area contributed by atoms with Gasteiger partial charge >= 0.3 is 0 Å². The lowest BCUT2D eigenvalue weighted by Gasteiger charge is -2.33. The molecular weight excluding hydrogens is 307 g/mol. The van der Waals surface area contributed by atoms with Crippen LogP contribution in [0.2, 0.25) is 0 Å². The van der Waals surface area contributed by atoms with Crippen LogP contribution in [-0.4, -0.2) is 21.1 Å². The first-order chi connectivity index (χ1) is 10.1. The first-order valence-corrected chi connectivity index (χ1v) is 9.19. The molecule has 0 spiro atoms. The van der Waals surface area contributed by atoms with Crippen molar-refractivity contribution in [2.45, 2.75) is 49.3 Å². The summed E-state index contributed by atoms with van der Waals surface area (Å²) in [6.45, 7) is 1.91. The van der Waals surface area contributed by atoms with E-state index in [2.05, 4.69) is 15.8 Å². The zero-order chi connectivity index (χ0) is 15.0. The molecule has 0 radical (unpaired) electrons. The Hall–Kier alpha value is -0.740. The fourth-order valence-electron chi connectivity index (χ4n) is 3.38. The number of aromatic nitrogens is 2. The predicted molar refractivity (Wildman–Crippen MR) is 88.8 cm³/mol. The van der Waals surface area contributed by atoms with Crippen molar-refractivity contribution in [2.24, 2.45) is 0 Å². The summed E-state index contributed by atoms with van der Waals surface area (Å²) >= 11 is 8.23. The van der Waals surface area contributed by atoms with Crippen LogP contribution in [0.4, 0.5) is 4.39 Å². The number of hydrogen-bond donors (Lipinski definition) is 0. The molecule has 1 saturated carbocycles. The van der Waals surface area contributed by atoms with E-state index in [4.69, 9.17) is 11.6 Å². The van der Waals surface area contributed by atoms with E-state index in [9.17, 15) is 4.39 Å². The molecule has 1 heterocycles. The van der Waals surface area contributed by atoms with E-state index < -0.39 is 0 Å². The minimum atomic E-state index is -0.263. The van der Waals surface area contributed by atoms with Gasteiger partial charge in [0.15, 0.2) is 5.82 Å². The van der Waals surface area contributed by atoms with E-state index in [0.717, 1.165) is 17.8 Å². The zero-order valence-corrected chi connectivity index (χ0v) is 13.9. The highest BCUT2D eigenvalue weighted by atomic mass is 35.5. The molecule has 5 heteroatoms. The molecule has 21 heavy (non-hydrogen) atoms. The summed E-state index contributed by atoms with van der Waals surface area (Å²) in [5.41, 5.74) is 1.33. The third kappa shape index (κ3) is 2.68. The van der Waals surface area contributed by atoms with Gasteiger partial charge < -0.3 is 4.57 Å². The molecule has 0 amide bonds. The van der Waals surface area contributed by atoms with Gasteiger partial charge in [-0.2, -0.15) is 11.8 Å². The maximum absolute atomic E-state index is 14.1. The molecule has 3 atom stereocenters. The summed E-state index contributed by atoms with van der Waals surface area (Å²) in [6.07, 6.45) is 6.97. The van der Waals surface area contributed by atoms with Crippen LogP contribution in [0.5, 0.6) is 0 Å². The van der Waals surface area contributed by atoms with Crippen molar-refractivity contribution >= 4 is 34.4 Å². The monoisotopic (exact) mass is 326 g/mol. The lowest BCUT2D eigenvalue weighted by Crippen LogP contribution is -2.26. The quantitative estimate of drug-likeness (QED) is 0.710. The van der Waals surface area contributed by atoms with E-state index in [1.54, 1.807) is 6.07 Å². The minimum Gasteiger partial charge on any atom is -0.322 e. The summed E-state index contributed by atoms with van der Waals surface area (Å²) in [6, 6.07) is 5.54. The molecule has 2 nitrogen and oxygen atoms in total. The average Bonchev–Trinajstić information content (AvgIpc) is 2.88. The van der Waals surface area contributed by atoms with E-state index >= 15 is 0 Å². The summed E-state index contributed by atoms with van der Waals surface area (Å²) in [4.78, 5) is 4.50. The van der Waals surface area contributed by atoms with E-state index in [1.807, 2.05) is 24.8 Å². The Balaban J connectivity index is 2.19.